The van der Waals surface area contributed by atoms with Gasteiger partial charge < -0.3 is 9.15 Å². The van der Waals surface area contributed by atoms with Crippen LogP contribution in [-0.4, -0.2) is 29.1 Å². The van der Waals surface area contributed by atoms with Gasteiger partial charge >= 0.3 is 0 Å². The normalized spacial score (nSPS) is 10.9. The quantitative estimate of drug-likeness (QED) is 0.323. The van der Waals surface area contributed by atoms with Crippen LogP contribution in [0.25, 0.3) is 11.5 Å². The van der Waals surface area contributed by atoms with Crippen LogP contribution in [0.5, 0.6) is 5.75 Å². The van der Waals surface area contributed by atoms with Crippen LogP contribution in [0.4, 0.5) is 0 Å². The van der Waals surface area contributed by atoms with E-state index < -0.39 is 0 Å². The molecule has 0 saturated carbocycles. The number of hydrogen-bond acceptors (Lipinski definition) is 5. The number of hydrazine groups is 1. The lowest BCUT2D eigenvalue weighted by molar-refractivity contribution is 0.0784. The maximum absolute atomic E-state index is 12.5. The van der Waals surface area contributed by atoms with Crippen LogP contribution in [0.15, 0.2) is 89.3 Å². The highest BCUT2D eigenvalue weighted by Gasteiger charge is 2.12. The molecule has 174 valence electrons. The number of carbonyl (C=O) groups excluding carboxylic acids is 1. The maximum Gasteiger partial charge on any atom is 0.265 e. The summed E-state index contributed by atoms with van der Waals surface area (Å²) in [5, 5.41) is 1.89. The smallest absolute Gasteiger partial charge is 0.265 e. The molecule has 0 radical (unpaired) electrons. The molecular formula is C28H29N3O3. The Bertz CT molecular complexity index is 1210. The van der Waals surface area contributed by atoms with E-state index in [0.717, 1.165) is 28.3 Å². The molecule has 6 nitrogen and oxygen atoms in total. The van der Waals surface area contributed by atoms with Crippen molar-refractivity contribution in [2.24, 2.45) is 0 Å². The van der Waals surface area contributed by atoms with E-state index in [2.05, 4.69) is 10.4 Å². The molecule has 1 aromatic heterocycles. The number of nitrogens with one attached hydrogen (secondary N) is 1. The monoisotopic (exact) mass is 455 g/mol. The molecule has 3 aromatic carbocycles. The first-order valence-corrected chi connectivity index (χ1v) is 11.5. The van der Waals surface area contributed by atoms with Gasteiger partial charge in [0.1, 0.15) is 11.5 Å². The maximum atomic E-state index is 12.5. The molecule has 1 N–H and O–H groups in total. The fraction of sp³-hybridized carbons (Fsp3) is 0.214. The van der Waals surface area contributed by atoms with Crippen LogP contribution >= 0.6 is 0 Å². The first-order valence-electron chi connectivity index (χ1n) is 11.5. The molecule has 0 unspecified atom stereocenters. The SMILES string of the molecule is CCN(Cc1cccc(OCCc2nc(-c3ccccc3)oc2C)c1)NC(=O)c1ccccc1. The zero-order valence-electron chi connectivity index (χ0n) is 19.5. The predicted octanol–water partition coefficient (Wildman–Crippen LogP) is 5.44. The topological polar surface area (TPSA) is 67.6 Å². The van der Waals surface area contributed by atoms with Gasteiger partial charge in [0.2, 0.25) is 5.89 Å². The lowest BCUT2D eigenvalue weighted by atomic mass is 10.2. The number of aromatic nitrogens is 1. The van der Waals surface area contributed by atoms with E-state index in [4.69, 9.17) is 9.15 Å². The summed E-state index contributed by atoms with van der Waals surface area (Å²) in [5.41, 5.74) is 6.52. The summed E-state index contributed by atoms with van der Waals surface area (Å²) in [7, 11) is 0. The summed E-state index contributed by atoms with van der Waals surface area (Å²) in [6, 6.07) is 27.0. The minimum absolute atomic E-state index is 0.118. The molecular weight excluding hydrogens is 426 g/mol. The summed E-state index contributed by atoms with van der Waals surface area (Å²) < 4.78 is 11.8. The van der Waals surface area contributed by atoms with Crippen LogP contribution in [0.2, 0.25) is 0 Å². The number of carbonyl (C=O) groups is 1. The van der Waals surface area contributed by atoms with E-state index in [1.54, 1.807) is 12.1 Å². The Kier molecular flexibility index (Phi) is 7.73. The third kappa shape index (κ3) is 6.11. The molecule has 0 saturated heterocycles. The zero-order valence-corrected chi connectivity index (χ0v) is 19.5. The molecule has 6 heteroatoms. The third-order valence-corrected chi connectivity index (χ3v) is 5.47. The second kappa shape index (κ2) is 11.3. The van der Waals surface area contributed by atoms with E-state index >= 15 is 0 Å². The molecule has 0 bridgehead atoms. The van der Waals surface area contributed by atoms with Gasteiger partial charge in [-0.1, -0.05) is 55.5 Å². The predicted molar refractivity (Wildman–Crippen MR) is 132 cm³/mol. The first-order chi connectivity index (χ1) is 16.6. The van der Waals surface area contributed by atoms with E-state index in [9.17, 15) is 4.79 Å². The van der Waals surface area contributed by atoms with Crippen molar-refractivity contribution in [3.05, 3.63) is 108 Å². The van der Waals surface area contributed by atoms with Crippen molar-refractivity contribution in [2.45, 2.75) is 26.8 Å². The number of rotatable bonds is 10. The third-order valence-electron chi connectivity index (χ3n) is 5.47. The Morgan fingerprint density at radius 2 is 1.74 bits per heavy atom. The van der Waals surface area contributed by atoms with Crippen molar-refractivity contribution in [3.63, 3.8) is 0 Å². The molecule has 0 atom stereocenters. The van der Waals surface area contributed by atoms with Gasteiger partial charge in [0.15, 0.2) is 0 Å². The highest BCUT2D eigenvalue weighted by molar-refractivity contribution is 5.93. The standard InChI is InChI=1S/C28H29N3O3/c1-3-31(30-27(32)23-12-6-4-7-13-23)20-22-11-10-16-25(19-22)33-18-17-26-21(2)34-28(29-26)24-14-8-5-9-15-24/h4-16,19H,3,17-18,20H2,1-2H3,(H,30,32). The summed E-state index contributed by atoms with van der Waals surface area (Å²) in [6.07, 6.45) is 0.653. The molecule has 4 aromatic rings. The Hall–Kier alpha value is -3.90. The fourth-order valence-electron chi connectivity index (χ4n) is 3.61. The zero-order chi connectivity index (χ0) is 23.8. The van der Waals surface area contributed by atoms with Gasteiger partial charge in [-0.2, -0.15) is 0 Å². The van der Waals surface area contributed by atoms with Crippen molar-refractivity contribution in [1.29, 1.82) is 0 Å². The Morgan fingerprint density at radius 1 is 1.00 bits per heavy atom. The van der Waals surface area contributed by atoms with Gasteiger partial charge in [0.25, 0.3) is 5.91 Å². The molecule has 4 rings (SSSR count). The number of ether oxygens (including phenoxy) is 1. The van der Waals surface area contributed by atoms with Gasteiger partial charge in [-0.15, -0.1) is 0 Å². The summed E-state index contributed by atoms with van der Waals surface area (Å²) in [4.78, 5) is 17.1. The number of aryl methyl sites for hydroxylation is 1. The fourth-order valence-corrected chi connectivity index (χ4v) is 3.61. The van der Waals surface area contributed by atoms with Crippen LogP contribution in [0.1, 0.15) is 34.3 Å². The van der Waals surface area contributed by atoms with Crippen molar-refractivity contribution in [3.8, 4) is 17.2 Å². The largest absolute Gasteiger partial charge is 0.493 e. The molecule has 0 aliphatic carbocycles. The Labute approximate surface area is 200 Å². The minimum atomic E-state index is -0.118. The Morgan fingerprint density at radius 3 is 2.47 bits per heavy atom. The Balaban J connectivity index is 1.32. The van der Waals surface area contributed by atoms with Crippen LogP contribution < -0.4 is 10.2 Å². The highest BCUT2D eigenvalue weighted by atomic mass is 16.5. The number of hydrogen-bond donors (Lipinski definition) is 1. The summed E-state index contributed by atoms with van der Waals surface area (Å²) >= 11 is 0. The molecule has 0 fully saturated rings. The average Bonchev–Trinajstić information content (AvgIpc) is 3.25. The number of amides is 1. The van der Waals surface area contributed by atoms with Crippen LogP contribution in [0.3, 0.4) is 0 Å². The van der Waals surface area contributed by atoms with Crippen molar-refractivity contribution < 1.29 is 13.9 Å². The van der Waals surface area contributed by atoms with E-state index in [-0.39, 0.29) is 5.91 Å². The molecule has 34 heavy (non-hydrogen) atoms. The van der Waals surface area contributed by atoms with Gasteiger partial charge in [-0.05, 0) is 48.9 Å². The van der Waals surface area contributed by atoms with Gasteiger partial charge in [0, 0.05) is 30.6 Å². The summed E-state index contributed by atoms with van der Waals surface area (Å²) in [6.45, 7) is 5.69. The van der Waals surface area contributed by atoms with Gasteiger partial charge in [-0.3, -0.25) is 10.2 Å². The van der Waals surface area contributed by atoms with Gasteiger partial charge in [-0.25, -0.2) is 9.99 Å². The highest BCUT2D eigenvalue weighted by Crippen LogP contribution is 2.22. The molecule has 1 heterocycles. The number of benzene rings is 3. The van der Waals surface area contributed by atoms with E-state index in [0.29, 0.717) is 37.6 Å². The second-order valence-corrected chi connectivity index (χ2v) is 7.95. The summed E-state index contributed by atoms with van der Waals surface area (Å²) in [5.74, 6) is 2.11. The van der Waals surface area contributed by atoms with Crippen molar-refractivity contribution in [2.75, 3.05) is 13.2 Å². The molecule has 0 aliphatic rings. The lowest BCUT2D eigenvalue weighted by Gasteiger charge is -2.22. The molecule has 1 amide bonds. The van der Waals surface area contributed by atoms with Crippen LogP contribution in [-0.2, 0) is 13.0 Å². The molecule has 0 spiro atoms. The second-order valence-electron chi connectivity index (χ2n) is 7.95. The van der Waals surface area contributed by atoms with Crippen molar-refractivity contribution >= 4 is 5.91 Å². The first kappa shape index (κ1) is 23.3. The average molecular weight is 456 g/mol. The van der Waals surface area contributed by atoms with Crippen LogP contribution in [0, 0.1) is 6.92 Å². The van der Waals surface area contributed by atoms with E-state index in [1.165, 1.54) is 0 Å². The molecule has 0 aliphatic heterocycles. The minimum Gasteiger partial charge on any atom is -0.493 e. The number of oxazole rings is 1. The number of nitrogens with zero attached hydrogens (tertiary/aromatic N) is 2. The van der Waals surface area contributed by atoms with Gasteiger partial charge in [0.05, 0.1) is 12.3 Å². The van der Waals surface area contributed by atoms with E-state index in [1.807, 2.05) is 91.7 Å². The lowest BCUT2D eigenvalue weighted by Crippen LogP contribution is -2.41. The van der Waals surface area contributed by atoms with Crippen molar-refractivity contribution in [1.82, 2.24) is 15.4 Å².